The Balaban J connectivity index is 1.69. The molecule has 1 aromatic heterocycles. The summed E-state index contributed by atoms with van der Waals surface area (Å²) in [5.41, 5.74) is 1.87. The van der Waals surface area contributed by atoms with Gasteiger partial charge in [-0.1, -0.05) is 23.9 Å². The topological polar surface area (TPSA) is 121 Å². The second-order valence-corrected chi connectivity index (χ2v) is 8.44. The lowest BCUT2D eigenvalue weighted by Crippen LogP contribution is -2.23. The molecule has 0 amide bonds. The summed E-state index contributed by atoms with van der Waals surface area (Å²) in [5.74, 6) is 1.25. The minimum absolute atomic E-state index is 0.0132. The van der Waals surface area contributed by atoms with Crippen LogP contribution < -0.4 is 5.56 Å². The molecular weight excluding hydrogens is 428 g/mol. The van der Waals surface area contributed by atoms with E-state index in [-0.39, 0.29) is 16.9 Å². The molecule has 3 aromatic rings. The van der Waals surface area contributed by atoms with Crippen molar-refractivity contribution in [2.45, 2.75) is 22.2 Å². The molecule has 0 atom stereocenters. The van der Waals surface area contributed by atoms with Crippen molar-refractivity contribution in [3.8, 4) is 5.69 Å². The molecule has 1 aliphatic rings. The molecule has 0 fully saturated rings. The van der Waals surface area contributed by atoms with Gasteiger partial charge in [-0.3, -0.25) is 29.6 Å². The Kier molecular flexibility index (Phi) is 5.55. The number of non-ortho nitro benzene ring substituents is 2. The van der Waals surface area contributed by atoms with Gasteiger partial charge in [-0.2, -0.15) is 0 Å². The van der Waals surface area contributed by atoms with Gasteiger partial charge in [0.25, 0.3) is 16.9 Å². The lowest BCUT2D eigenvalue weighted by Gasteiger charge is -2.13. The Morgan fingerprint density at radius 2 is 1.60 bits per heavy atom. The number of hydrogen-bond donors (Lipinski definition) is 0. The molecule has 152 valence electrons. The summed E-state index contributed by atoms with van der Waals surface area (Å²) in [6.45, 7) is 0. The van der Waals surface area contributed by atoms with Crippen LogP contribution in [0.3, 0.4) is 0 Å². The van der Waals surface area contributed by atoms with Crippen molar-refractivity contribution >= 4 is 34.9 Å². The number of nitro groups is 2. The second kappa shape index (κ2) is 8.28. The van der Waals surface area contributed by atoms with Gasteiger partial charge in [0.05, 0.1) is 26.1 Å². The number of hydrogen-bond acceptors (Lipinski definition) is 8. The highest BCUT2D eigenvalue weighted by molar-refractivity contribution is 7.99. The van der Waals surface area contributed by atoms with Gasteiger partial charge >= 0.3 is 0 Å². The molecule has 11 heteroatoms. The lowest BCUT2D eigenvalue weighted by atomic mass is 10.2. The Hall–Kier alpha value is -3.18. The molecule has 0 unspecified atom stereocenters. The number of nitro benzene ring substituents is 2. The smallest absolute Gasteiger partial charge is 0.268 e. The first-order valence-electron chi connectivity index (χ1n) is 8.84. The summed E-state index contributed by atoms with van der Waals surface area (Å²) in [6.07, 6.45) is 0.710. The van der Waals surface area contributed by atoms with E-state index < -0.39 is 9.85 Å². The van der Waals surface area contributed by atoms with E-state index in [1.165, 1.54) is 64.5 Å². The molecule has 0 aliphatic carbocycles. The van der Waals surface area contributed by atoms with Gasteiger partial charge in [-0.25, -0.2) is 4.98 Å². The molecule has 2 aromatic carbocycles. The fourth-order valence-electron chi connectivity index (χ4n) is 3.00. The van der Waals surface area contributed by atoms with Crippen molar-refractivity contribution in [2.75, 3.05) is 5.75 Å². The van der Waals surface area contributed by atoms with Crippen LogP contribution in [0.1, 0.15) is 11.3 Å². The molecule has 0 N–H and O–H groups in total. The van der Waals surface area contributed by atoms with Crippen LogP contribution in [0.5, 0.6) is 0 Å². The van der Waals surface area contributed by atoms with E-state index >= 15 is 0 Å². The second-order valence-electron chi connectivity index (χ2n) is 6.39. The lowest BCUT2D eigenvalue weighted by molar-refractivity contribution is -0.385. The van der Waals surface area contributed by atoms with Gasteiger partial charge in [0.1, 0.15) is 0 Å². The maximum atomic E-state index is 13.1. The normalized spacial score (nSPS) is 12.5. The van der Waals surface area contributed by atoms with Crippen molar-refractivity contribution in [3.63, 3.8) is 0 Å². The molecule has 0 saturated carbocycles. The Morgan fingerprint density at radius 1 is 1.00 bits per heavy atom. The molecule has 9 nitrogen and oxygen atoms in total. The van der Waals surface area contributed by atoms with Crippen LogP contribution >= 0.6 is 23.5 Å². The van der Waals surface area contributed by atoms with Crippen LogP contribution in [-0.4, -0.2) is 25.2 Å². The number of aryl methyl sites for hydroxylation is 1. The summed E-state index contributed by atoms with van der Waals surface area (Å²) < 4.78 is 1.47. The molecule has 0 bridgehead atoms. The summed E-state index contributed by atoms with van der Waals surface area (Å²) in [6, 6.07) is 12.0. The van der Waals surface area contributed by atoms with Gasteiger partial charge in [-0.15, -0.1) is 11.8 Å². The van der Waals surface area contributed by atoms with Crippen LogP contribution in [0.15, 0.2) is 63.4 Å². The quantitative estimate of drug-likeness (QED) is 0.243. The van der Waals surface area contributed by atoms with Crippen molar-refractivity contribution in [1.82, 2.24) is 9.55 Å². The first-order chi connectivity index (χ1) is 14.4. The third-order valence-corrected chi connectivity index (χ3v) is 6.62. The highest BCUT2D eigenvalue weighted by Gasteiger charge is 2.23. The molecular formula is C19H14N4O5S2. The highest BCUT2D eigenvalue weighted by atomic mass is 32.2. The Labute approximate surface area is 178 Å². The van der Waals surface area contributed by atoms with E-state index in [0.29, 0.717) is 27.9 Å². The maximum absolute atomic E-state index is 13.1. The largest absolute Gasteiger partial charge is 0.272 e. The summed E-state index contributed by atoms with van der Waals surface area (Å²) in [5, 5.41) is 22.2. The van der Waals surface area contributed by atoms with E-state index in [9.17, 15) is 25.0 Å². The minimum atomic E-state index is -0.492. The molecule has 0 spiro atoms. The number of rotatable bonds is 6. The molecule has 30 heavy (non-hydrogen) atoms. The van der Waals surface area contributed by atoms with E-state index in [1.54, 1.807) is 12.1 Å². The zero-order chi connectivity index (χ0) is 21.3. The van der Waals surface area contributed by atoms with Crippen molar-refractivity contribution in [2.24, 2.45) is 0 Å². The fourth-order valence-corrected chi connectivity index (χ4v) is 5.01. The van der Waals surface area contributed by atoms with Gasteiger partial charge in [0, 0.05) is 42.2 Å². The minimum Gasteiger partial charge on any atom is -0.268 e. The fraction of sp³-hybridized carbons (Fsp3) is 0.158. The first-order valence-corrected chi connectivity index (χ1v) is 10.8. The zero-order valence-corrected chi connectivity index (χ0v) is 17.0. The molecule has 4 rings (SSSR count). The van der Waals surface area contributed by atoms with Crippen molar-refractivity contribution < 1.29 is 9.85 Å². The Morgan fingerprint density at radius 3 is 2.20 bits per heavy atom. The van der Waals surface area contributed by atoms with Crippen LogP contribution in [0.25, 0.3) is 5.69 Å². The predicted molar refractivity (Wildman–Crippen MR) is 114 cm³/mol. The van der Waals surface area contributed by atoms with Crippen LogP contribution in [-0.2, 0) is 12.2 Å². The maximum Gasteiger partial charge on any atom is 0.272 e. The number of fused-ring (bicyclic) bond motifs is 1. The van der Waals surface area contributed by atoms with E-state index in [1.807, 2.05) is 0 Å². The predicted octanol–water partition coefficient (Wildman–Crippen LogP) is 3.99. The summed E-state index contributed by atoms with van der Waals surface area (Å²) in [4.78, 5) is 39.2. The van der Waals surface area contributed by atoms with E-state index in [4.69, 9.17) is 0 Å². The monoisotopic (exact) mass is 442 g/mol. The molecule has 0 radical (unpaired) electrons. The highest BCUT2D eigenvalue weighted by Crippen LogP contribution is 2.31. The SMILES string of the molecule is O=c1c2c(nc(SCc3ccc([N+](=O)[O-])cc3)n1-c1ccc([N+](=O)[O-])cc1)CCS2. The average Bonchev–Trinajstić information content (AvgIpc) is 3.22. The number of aromatic nitrogens is 2. The van der Waals surface area contributed by atoms with Gasteiger partial charge in [0.2, 0.25) is 0 Å². The third kappa shape index (κ3) is 3.94. The summed E-state index contributed by atoms with van der Waals surface area (Å²) in [7, 11) is 0. The third-order valence-electron chi connectivity index (χ3n) is 4.50. The van der Waals surface area contributed by atoms with Crippen LogP contribution in [0.4, 0.5) is 11.4 Å². The molecule has 0 saturated heterocycles. The van der Waals surface area contributed by atoms with Gasteiger partial charge < -0.3 is 0 Å². The standard InChI is InChI=1S/C19H14N4O5S2/c24-18-17-16(9-10-29-17)20-19(21(18)13-5-7-15(8-6-13)23(27)28)30-11-12-1-3-14(4-2-12)22(25)26/h1-8H,9-11H2. The molecule has 1 aliphatic heterocycles. The van der Waals surface area contributed by atoms with Gasteiger partial charge in [0.15, 0.2) is 5.16 Å². The van der Waals surface area contributed by atoms with E-state index in [2.05, 4.69) is 4.98 Å². The van der Waals surface area contributed by atoms with Crippen molar-refractivity contribution in [1.29, 1.82) is 0 Å². The zero-order valence-electron chi connectivity index (χ0n) is 15.4. The number of benzene rings is 2. The number of thioether (sulfide) groups is 2. The van der Waals surface area contributed by atoms with Crippen molar-refractivity contribution in [3.05, 3.63) is 90.4 Å². The van der Waals surface area contributed by atoms with Crippen LogP contribution in [0, 0.1) is 20.2 Å². The molecule has 2 heterocycles. The van der Waals surface area contributed by atoms with Gasteiger partial charge in [-0.05, 0) is 17.7 Å². The average molecular weight is 442 g/mol. The number of nitrogens with zero attached hydrogens (tertiary/aromatic N) is 4. The van der Waals surface area contributed by atoms with E-state index in [0.717, 1.165) is 17.0 Å². The van der Waals surface area contributed by atoms with Crippen LogP contribution in [0.2, 0.25) is 0 Å². The summed E-state index contributed by atoms with van der Waals surface area (Å²) >= 11 is 2.80. The Bertz CT molecular complexity index is 1190. The first kappa shape index (κ1) is 20.1.